The highest BCUT2D eigenvalue weighted by Gasteiger charge is 2.32. The molecule has 0 unspecified atom stereocenters. The average Bonchev–Trinajstić information content (AvgIpc) is 2.97. The summed E-state index contributed by atoms with van der Waals surface area (Å²) in [6.07, 6.45) is 3.23. The Labute approximate surface area is 170 Å². The molecule has 1 amide bonds. The van der Waals surface area contributed by atoms with E-state index in [1.165, 1.54) is 29.2 Å². The molecule has 0 radical (unpaired) electrons. The van der Waals surface area contributed by atoms with Gasteiger partial charge in [-0.05, 0) is 53.7 Å². The number of benzene rings is 2. The fourth-order valence-electron chi connectivity index (χ4n) is 2.57. The number of carbonyl (C=O) groups is 3. The molecule has 1 saturated heterocycles. The fraction of sp³-hybridized carbons (Fsp3) is 0.0476. The minimum atomic E-state index is -1.06. The lowest BCUT2D eigenvalue weighted by molar-refractivity contribution is -0.121. The van der Waals surface area contributed by atoms with Gasteiger partial charge >= 0.3 is 11.9 Å². The normalized spacial score (nSPS) is 16.4. The molecule has 7 nitrogen and oxygen atoms in total. The van der Waals surface area contributed by atoms with Gasteiger partial charge in [-0.25, -0.2) is 14.6 Å². The van der Waals surface area contributed by atoms with Crippen LogP contribution in [0.3, 0.4) is 0 Å². The average molecular weight is 408 g/mol. The zero-order valence-corrected chi connectivity index (χ0v) is 15.9. The van der Waals surface area contributed by atoms with E-state index in [0.717, 1.165) is 11.8 Å². The zero-order valence-electron chi connectivity index (χ0n) is 15.1. The van der Waals surface area contributed by atoms with Crippen LogP contribution >= 0.6 is 11.8 Å². The van der Waals surface area contributed by atoms with Crippen LogP contribution in [0, 0.1) is 0 Å². The van der Waals surface area contributed by atoms with E-state index in [4.69, 9.17) is 10.2 Å². The highest BCUT2D eigenvalue weighted by atomic mass is 32.2. The Balaban J connectivity index is 1.93. The molecule has 8 heteroatoms. The van der Waals surface area contributed by atoms with Gasteiger partial charge in [0.1, 0.15) is 0 Å². The number of carboxylic acid groups (broad SMARTS) is 2. The molecular weight excluding hydrogens is 392 g/mol. The van der Waals surface area contributed by atoms with Gasteiger partial charge in [-0.1, -0.05) is 24.3 Å². The first-order chi connectivity index (χ1) is 13.9. The molecule has 29 heavy (non-hydrogen) atoms. The van der Waals surface area contributed by atoms with Crippen molar-refractivity contribution in [2.75, 3.05) is 6.54 Å². The van der Waals surface area contributed by atoms with Crippen LogP contribution < -0.4 is 0 Å². The van der Waals surface area contributed by atoms with E-state index in [1.807, 2.05) is 0 Å². The summed E-state index contributed by atoms with van der Waals surface area (Å²) in [5.74, 6) is -2.34. The summed E-state index contributed by atoms with van der Waals surface area (Å²) in [5.41, 5.74) is 1.36. The SMILES string of the molecule is C=CCN1C(=O)/C(=C/c2ccc(C(=O)O)cc2)SC1=Nc1cccc(C(=O)O)c1. The predicted octanol–water partition coefficient (Wildman–Crippen LogP) is 3.87. The molecule has 0 aromatic heterocycles. The molecule has 0 aliphatic carbocycles. The van der Waals surface area contributed by atoms with Gasteiger partial charge in [-0.15, -0.1) is 6.58 Å². The molecule has 146 valence electrons. The van der Waals surface area contributed by atoms with Crippen molar-refractivity contribution in [2.24, 2.45) is 4.99 Å². The largest absolute Gasteiger partial charge is 0.478 e. The maximum Gasteiger partial charge on any atom is 0.335 e. The molecule has 1 aliphatic heterocycles. The van der Waals surface area contributed by atoms with Crippen LogP contribution in [0.15, 0.2) is 71.1 Å². The smallest absolute Gasteiger partial charge is 0.335 e. The zero-order chi connectivity index (χ0) is 21.0. The van der Waals surface area contributed by atoms with Gasteiger partial charge in [-0.3, -0.25) is 9.69 Å². The highest BCUT2D eigenvalue weighted by Crippen LogP contribution is 2.34. The van der Waals surface area contributed by atoms with Gasteiger partial charge in [0.05, 0.1) is 21.7 Å². The first-order valence-corrected chi connectivity index (χ1v) is 9.28. The van der Waals surface area contributed by atoms with Gasteiger partial charge in [0, 0.05) is 6.54 Å². The number of hydrogen-bond acceptors (Lipinski definition) is 5. The summed E-state index contributed by atoms with van der Waals surface area (Å²) in [4.78, 5) is 41.2. The Hall–Kier alpha value is -3.65. The second kappa shape index (κ2) is 8.57. The molecule has 0 spiro atoms. The number of hydrogen-bond donors (Lipinski definition) is 2. The molecule has 0 bridgehead atoms. The first-order valence-electron chi connectivity index (χ1n) is 8.47. The molecule has 2 aromatic carbocycles. The van der Waals surface area contributed by atoms with Gasteiger partial charge in [-0.2, -0.15) is 0 Å². The van der Waals surface area contributed by atoms with Crippen molar-refractivity contribution in [1.82, 2.24) is 4.90 Å². The van der Waals surface area contributed by atoms with Crippen LogP contribution in [0.5, 0.6) is 0 Å². The molecule has 1 fully saturated rings. The monoisotopic (exact) mass is 408 g/mol. The Morgan fingerprint density at radius 3 is 2.38 bits per heavy atom. The highest BCUT2D eigenvalue weighted by molar-refractivity contribution is 8.18. The maximum absolute atomic E-state index is 12.8. The third-order valence-corrected chi connectivity index (χ3v) is 4.98. The van der Waals surface area contributed by atoms with Gasteiger partial charge in [0.15, 0.2) is 5.17 Å². The maximum atomic E-state index is 12.8. The van der Waals surface area contributed by atoms with Crippen LogP contribution in [-0.2, 0) is 4.79 Å². The lowest BCUT2D eigenvalue weighted by Gasteiger charge is -2.12. The van der Waals surface area contributed by atoms with Crippen molar-refractivity contribution >= 4 is 46.5 Å². The third kappa shape index (κ3) is 4.61. The number of rotatable bonds is 6. The summed E-state index contributed by atoms with van der Waals surface area (Å²) < 4.78 is 0. The molecule has 2 N–H and O–H groups in total. The first kappa shape index (κ1) is 20.1. The number of nitrogens with zero attached hydrogens (tertiary/aromatic N) is 2. The Kier molecular flexibility index (Phi) is 5.94. The van der Waals surface area contributed by atoms with E-state index in [9.17, 15) is 14.4 Å². The van der Waals surface area contributed by atoms with Crippen molar-refractivity contribution in [2.45, 2.75) is 0 Å². The minimum Gasteiger partial charge on any atom is -0.478 e. The standard InChI is InChI=1S/C21H16N2O5S/c1-2-10-23-18(24)17(11-13-6-8-14(9-7-13)19(25)26)29-21(23)22-16-5-3-4-15(12-16)20(27)28/h2-9,11-12H,1,10H2,(H,25,26)(H,27,28)/b17-11-,22-21?. The summed E-state index contributed by atoms with van der Waals surface area (Å²) in [7, 11) is 0. The van der Waals surface area contributed by atoms with E-state index in [2.05, 4.69) is 11.6 Å². The Morgan fingerprint density at radius 2 is 1.76 bits per heavy atom. The van der Waals surface area contributed by atoms with E-state index < -0.39 is 11.9 Å². The second-order valence-electron chi connectivity index (χ2n) is 5.99. The minimum absolute atomic E-state index is 0.103. The van der Waals surface area contributed by atoms with Crippen LogP contribution in [0.4, 0.5) is 5.69 Å². The van der Waals surface area contributed by atoms with Crippen LogP contribution in [0.25, 0.3) is 6.08 Å². The van der Waals surface area contributed by atoms with Crippen molar-refractivity contribution in [3.8, 4) is 0 Å². The lowest BCUT2D eigenvalue weighted by Crippen LogP contribution is -2.29. The molecule has 0 atom stereocenters. The molecular formula is C21H16N2O5S. The van der Waals surface area contributed by atoms with E-state index in [-0.39, 0.29) is 23.6 Å². The molecule has 0 saturated carbocycles. The lowest BCUT2D eigenvalue weighted by atomic mass is 10.1. The summed E-state index contributed by atoms with van der Waals surface area (Å²) in [5, 5.41) is 18.5. The number of carboxylic acids is 2. The quantitative estimate of drug-likeness (QED) is 0.555. The van der Waals surface area contributed by atoms with Crippen LogP contribution in [0.2, 0.25) is 0 Å². The number of amidine groups is 1. The van der Waals surface area contributed by atoms with Gasteiger partial charge in [0.2, 0.25) is 0 Å². The third-order valence-electron chi connectivity index (χ3n) is 3.97. The molecule has 1 heterocycles. The Bertz CT molecular complexity index is 1060. The van der Waals surface area contributed by atoms with Crippen molar-refractivity contribution in [3.63, 3.8) is 0 Å². The number of thioether (sulfide) groups is 1. The second-order valence-corrected chi connectivity index (χ2v) is 7.00. The topological polar surface area (TPSA) is 107 Å². The fourth-order valence-corrected chi connectivity index (χ4v) is 3.58. The predicted molar refractivity (Wildman–Crippen MR) is 111 cm³/mol. The van der Waals surface area contributed by atoms with E-state index >= 15 is 0 Å². The number of carbonyl (C=O) groups excluding carboxylic acids is 1. The molecule has 1 aliphatic rings. The summed E-state index contributed by atoms with van der Waals surface area (Å²) >= 11 is 1.16. The summed E-state index contributed by atoms with van der Waals surface area (Å²) in [6.45, 7) is 3.91. The van der Waals surface area contributed by atoms with Gasteiger partial charge < -0.3 is 10.2 Å². The number of aliphatic imine (C=N–C) groups is 1. The van der Waals surface area contributed by atoms with Gasteiger partial charge in [0.25, 0.3) is 5.91 Å². The summed E-state index contributed by atoms with van der Waals surface area (Å²) in [6, 6.07) is 12.3. The number of amides is 1. The molecule has 2 aromatic rings. The van der Waals surface area contributed by atoms with E-state index in [0.29, 0.717) is 21.3 Å². The van der Waals surface area contributed by atoms with Crippen LogP contribution in [-0.4, -0.2) is 44.7 Å². The Morgan fingerprint density at radius 1 is 1.07 bits per heavy atom. The van der Waals surface area contributed by atoms with Crippen molar-refractivity contribution < 1.29 is 24.6 Å². The molecule has 3 rings (SSSR count). The van der Waals surface area contributed by atoms with Crippen molar-refractivity contribution in [3.05, 3.63) is 82.8 Å². The van der Waals surface area contributed by atoms with Crippen LogP contribution in [0.1, 0.15) is 26.3 Å². The van der Waals surface area contributed by atoms with E-state index in [1.54, 1.807) is 36.4 Å². The van der Waals surface area contributed by atoms with Crippen molar-refractivity contribution in [1.29, 1.82) is 0 Å². The number of aromatic carboxylic acids is 2.